The fourth-order valence-corrected chi connectivity index (χ4v) is 3.04. The number of nitrogens with zero attached hydrogens (tertiary/aromatic N) is 1. The summed E-state index contributed by atoms with van der Waals surface area (Å²) in [5.74, 6) is 0.320. The number of aliphatic hydroxyl groups is 1. The van der Waals surface area contributed by atoms with Gasteiger partial charge in [-0.15, -0.1) is 0 Å². The molecule has 0 aliphatic carbocycles. The molecule has 0 saturated carbocycles. The summed E-state index contributed by atoms with van der Waals surface area (Å²) in [6.45, 7) is 5.35. The van der Waals surface area contributed by atoms with Crippen molar-refractivity contribution in [1.82, 2.24) is 10.2 Å². The van der Waals surface area contributed by atoms with Crippen LogP contribution in [0.25, 0.3) is 0 Å². The highest BCUT2D eigenvalue weighted by Gasteiger charge is 2.20. The normalized spacial score (nSPS) is 20.0. The summed E-state index contributed by atoms with van der Waals surface area (Å²) in [6, 6.07) is 8.48. The molecule has 0 aromatic heterocycles. The van der Waals surface area contributed by atoms with E-state index in [1.807, 2.05) is 12.1 Å². The van der Waals surface area contributed by atoms with Gasteiger partial charge in [0.15, 0.2) is 0 Å². The predicted molar refractivity (Wildman–Crippen MR) is 85.6 cm³/mol. The summed E-state index contributed by atoms with van der Waals surface area (Å²) < 4.78 is 0. The molecule has 0 radical (unpaired) electrons. The number of rotatable bonds is 8. The molecule has 1 aliphatic heterocycles. The number of aromatic hydroxyl groups is 1. The summed E-state index contributed by atoms with van der Waals surface area (Å²) in [5.41, 5.74) is 1.25. The maximum Gasteiger partial charge on any atom is 0.115 e. The van der Waals surface area contributed by atoms with Crippen molar-refractivity contribution in [2.75, 3.05) is 26.2 Å². The van der Waals surface area contributed by atoms with Crippen molar-refractivity contribution in [3.8, 4) is 5.75 Å². The number of aryl methyl sites for hydroxylation is 1. The lowest BCUT2D eigenvalue weighted by Crippen LogP contribution is -2.43. The Labute approximate surface area is 127 Å². The zero-order valence-corrected chi connectivity index (χ0v) is 13.0. The third-order valence-electron chi connectivity index (χ3n) is 4.41. The molecule has 0 amide bonds. The summed E-state index contributed by atoms with van der Waals surface area (Å²) >= 11 is 0. The molecule has 4 heteroatoms. The Bertz CT molecular complexity index is 402. The minimum atomic E-state index is 0.219. The molecule has 0 bridgehead atoms. The Balaban J connectivity index is 1.82. The summed E-state index contributed by atoms with van der Waals surface area (Å²) in [7, 11) is 0. The molecule has 1 aromatic carbocycles. The highest BCUT2D eigenvalue weighted by molar-refractivity contribution is 5.25. The molecule has 1 saturated heterocycles. The smallest absolute Gasteiger partial charge is 0.115 e. The van der Waals surface area contributed by atoms with Crippen molar-refractivity contribution >= 4 is 0 Å². The van der Waals surface area contributed by atoms with Gasteiger partial charge in [-0.3, -0.25) is 4.90 Å². The first-order valence-corrected chi connectivity index (χ1v) is 8.05. The van der Waals surface area contributed by atoms with Crippen molar-refractivity contribution in [3.63, 3.8) is 0 Å². The molecule has 3 N–H and O–H groups in total. The number of hydrogen-bond acceptors (Lipinski definition) is 4. The summed E-state index contributed by atoms with van der Waals surface area (Å²) in [6.07, 6.45) is 4.57. The van der Waals surface area contributed by atoms with Gasteiger partial charge in [-0.2, -0.15) is 0 Å². The van der Waals surface area contributed by atoms with Gasteiger partial charge < -0.3 is 15.5 Å². The molecule has 118 valence electrons. The fourth-order valence-electron chi connectivity index (χ4n) is 3.04. The van der Waals surface area contributed by atoms with Crippen LogP contribution in [0.5, 0.6) is 5.75 Å². The largest absolute Gasteiger partial charge is 0.508 e. The lowest BCUT2D eigenvalue weighted by molar-refractivity contribution is 0.142. The van der Waals surface area contributed by atoms with Crippen LogP contribution in [0.2, 0.25) is 0 Å². The first-order chi connectivity index (χ1) is 10.2. The van der Waals surface area contributed by atoms with Crippen LogP contribution in [0.1, 0.15) is 31.7 Å². The SMILES string of the molecule is CC(CCc1ccc(O)cc1)N(CCO)CC1CCCN1. The van der Waals surface area contributed by atoms with Gasteiger partial charge in [0.1, 0.15) is 5.75 Å². The third kappa shape index (κ3) is 5.30. The van der Waals surface area contributed by atoms with Crippen LogP contribution in [-0.2, 0) is 6.42 Å². The van der Waals surface area contributed by atoms with Crippen LogP contribution in [0, 0.1) is 0 Å². The van der Waals surface area contributed by atoms with E-state index < -0.39 is 0 Å². The van der Waals surface area contributed by atoms with Gasteiger partial charge in [0.25, 0.3) is 0 Å². The van der Waals surface area contributed by atoms with Gasteiger partial charge in [-0.05, 0) is 56.8 Å². The first-order valence-electron chi connectivity index (χ1n) is 8.05. The average molecular weight is 292 g/mol. The highest BCUT2D eigenvalue weighted by atomic mass is 16.3. The number of hydrogen-bond donors (Lipinski definition) is 3. The van der Waals surface area contributed by atoms with E-state index in [0.29, 0.717) is 17.8 Å². The minimum Gasteiger partial charge on any atom is -0.508 e. The molecule has 0 spiro atoms. The Morgan fingerprint density at radius 2 is 2.10 bits per heavy atom. The van der Waals surface area contributed by atoms with Gasteiger partial charge in [0, 0.05) is 25.2 Å². The molecule has 1 fully saturated rings. The number of phenolic OH excluding ortho intramolecular Hbond substituents is 1. The number of aliphatic hydroxyl groups excluding tert-OH is 1. The Morgan fingerprint density at radius 3 is 2.71 bits per heavy atom. The second-order valence-corrected chi connectivity index (χ2v) is 6.07. The summed E-state index contributed by atoms with van der Waals surface area (Å²) in [4.78, 5) is 2.39. The molecule has 2 rings (SSSR count). The quantitative estimate of drug-likeness (QED) is 0.683. The second-order valence-electron chi connectivity index (χ2n) is 6.07. The van der Waals surface area contributed by atoms with E-state index in [4.69, 9.17) is 0 Å². The van der Waals surface area contributed by atoms with E-state index in [1.54, 1.807) is 12.1 Å². The Hall–Kier alpha value is -1.10. The van der Waals surface area contributed by atoms with E-state index in [1.165, 1.54) is 18.4 Å². The topological polar surface area (TPSA) is 55.7 Å². The van der Waals surface area contributed by atoms with E-state index in [2.05, 4.69) is 17.1 Å². The molecular formula is C17H28N2O2. The molecule has 1 heterocycles. The van der Waals surface area contributed by atoms with E-state index in [9.17, 15) is 10.2 Å². The van der Waals surface area contributed by atoms with Crippen LogP contribution in [0.3, 0.4) is 0 Å². The standard InChI is InChI=1S/C17H28N2O2/c1-14(4-5-15-6-8-17(21)9-7-15)19(11-12-20)13-16-3-2-10-18-16/h6-9,14,16,18,20-21H,2-5,10-13H2,1H3. The fraction of sp³-hybridized carbons (Fsp3) is 0.647. The molecular weight excluding hydrogens is 264 g/mol. The van der Waals surface area contributed by atoms with E-state index in [-0.39, 0.29) is 6.61 Å². The van der Waals surface area contributed by atoms with Crippen molar-refractivity contribution in [2.24, 2.45) is 0 Å². The number of nitrogens with one attached hydrogen (secondary N) is 1. The van der Waals surface area contributed by atoms with E-state index >= 15 is 0 Å². The molecule has 4 nitrogen and oxygen atoms in total. The monoisotopic (exact) mass is 292 g/mol. The molecule has 1 aliphatic rings. The van der Waals surface area contributed by atoms with Gasteiger partial charge in [0.2, 0.25) is 0 Å². The van der Waals surface area contributed by atoms with Crippen LogP contribution in [0.4, 0.5) is 0 Å². The number of benzene rings is 1. The number of phenols is 1. The first kappa shape index (κ1) is 16.3. The zero-order valence-electron chi connectivity index (χ0n) is 13.0. The lowest BCUT2D eigenvalue weighted by atomic mass is 10.0. The van der Waals surface area contributed by atoms with Gasteiger partial charge in [-0.25, -0.2) is 0 Å². The van der Waals surface area contributed by atoms with Gasteiger partial charge in [-0.1, -0.05) is 12.1 Å². The van der Waals surface area contributed by atoms with Crippen molar-refractivity contribution in [3.05, 3.63) is 29.8 Å². The van der Waals surface area contributed by atoms with Crippen molar-refractivity contribution in [2.45, 2.75) is 44.7 Å². The minimum absolute atomic E-state index is 0.219. The van der Waals surface area contributed by atoms with Crippen LogP contribution in [-0.4, -0.2) is 53.4 Å². The van der Waals surface area contributed by atoms with Crippen molar-refractivity contribution < 1.29 is 10.2 Å². The molecule has 2 atom stereocenters. The van der Waals surface area contributed by atoms with Crippen molar-refractivity contribution in [1.29, 1.82) is 0 Å². The Morgan fingerprint density at radius 1 is 1.33 bits per heavy atom. The third-order valence-corrected chi connectivity index (χ3v) is 4.41. The maximum atomic E-state index is 9.31. The molecule has 2 unspecified atom stereocenters. The average Bonchev–Trinajstić information content (AvgIpc) is 2.99. The van der Waals surface area contributed by atoms with Gasteiger partial charge in [0.05, 0.1) is 6.61 Å². The second kappa shape index (κ2) is 8.37. The van der Waals surface area contributed by atoms with Crippen LogP contribution >= 0.6 is 0 Å². The van der Waals surface area contributed by atoms with E-state index in [0.717, 1.165) is 32.5 Å². The predicted octanol–water partition coefficient (Wildman–Crippen LogP) is 1.76. The molecule has 1 aromatic rings. The lowest BCUT2D eigenvalue weighted by Gasteiger charge is -2.31. The van der Waals surface area contributed by atoms with Gasteiger partial charge >= 0.3 is 0 Å². The Kier molecular flexibility index (Phi) is 6.49. The summed E-state index contributed by atoms with van der Waals surface area (Å²) in [5, 5.41) is 22.1. The zero-order chi connectivity index (χ0) is 15.1. The van der Waals surface area contributed by atoms with Crippen LogP contribution < -0.4 is 5.32 Å². The van der Waals surface area contributed by atoms with Crippen LogP contribution in [0.15, 0.2) is 24.3 Å². The maximum absolute atomic E-state index is 9.31. The highest BCUT2D eigenvalue weighted by Crippen LogP contribution is 2.15. The molecule has 21 heavy (non-hydrogen) atoms.